The molecule has 10 nitrogen and oxygen atoms in total. The van der Waals surface area contributed by atoms with E-state index < -0.39 is 48.9 Å². The first-order valence-electron chi connectivity index (χ1n) is 17.6. The molecular weight excluding hydrogens is 576 g/mol. The molecule has 1 amide bonds. The van der Waals surface area contributed by atoms with Crippen LogP contribution in [0.3, 0.4) is 0 Å². The molecule has 0 aromatic carbocycles. The van der Waals surface area contributed by atoms with Gasteiger partial charge in [0.25, 0.3) is 0 Å². The molecule has 0 aromatic rings. The number of methoxy groups -OCH3 is 1. The predicted octanol–water partition coefficient (Wildman–Crippen LogP) is 3.63. The third-order valence-corrected chi connectivity index (χ3v) is 13.6. The van der Waals surface area contributed by atoms with E-state index in [1.807, 2.05) is 7.11 Å². The Kier molecular flexibility index (Phi) is 10.7. The standard InChI is InChI=1S/C35H60N2O8/c1-6-7-21(36)9-8-20(2)24-10-11-25-23-13-17-35(43-5)18-22(12-16-34(35,4)26(23)14-15-33(24,25)3)44-32(42)37-28-30(40)29(39)27(19-38)45-31(28)41/h8-9,20-31,38-41H,6-7,10-19,36H2,1-5H3,(H,37,42)/b9-8+/t20-,21-,22+,23?,24?,25+,26+,27?,28?,29-,30?,31-,33-,34-,35-/m1/s1. The average molecular weight is 637 g/mol. The Hall–Kier alpha value is -1.27. The highest BCUT2D eigenvalue weighted by atomic mass is 16.6. The molecule has 5 aliphatic rings. The molecule has 0 spiro atoms. The Balaban J connectivity index is 1.23. The van der Waals surface area contributed by atoms with Crippen LogP contribution in [0.15, 0.2) is 12.2 Å². The zero-order valence-electron chi connectivity index (χ0n) is 28.1. The van der Waals surface area contributed by atoms with Gasteiger partial charge < -0.3 is 45.7 Å². The molecule has 1 saturated heterocycles. The van der Waals surface area contributed by atoms with Gasteiger partial charge in [0.1, 0.15) is 30.5 Å². The van der Waals surface area contributed by atoms with Gasteiger partial charge in [0.2, 0.25) is 0 Å². The molecule has 15 atom stereocenters. The molecule has 4 aliphatic carbocycles. The van der Waals surface area contributed by atoms with Gasteiger partial charge in [0.15, 0.2) is 6.29 Å². The minimum absolute atomic E-state index is 0.0219. The second-order valence-corrected chi connectivity index (χ2v) is 15.6. The Bertz CT molecular complexity index is 1060. The Morgan fingerprint density at radius 3 is 2.49 bits per heavy atom. The van der Waals surface area contributed by atoms with Gasteiger partial charge in [-0.2, -0.15) is 0 Å². The lowest BCUT2D eigenvalue weighted by Gasteiger charge is -2.65. The lowest BCUT2D eigenvalue weighted by molar-refractivity contribution is -0.253. The van der Waals surface area contributed by atoms with Gasteiger partial charge in [-0.1, -0.05) is 46.3 Å². The predicted molar refractivity (Wildman–Crippen MR) is 170 cm³/mol. The van der Waals surface area contributed by atoms with Crippen LogP contribution in [-0.4, -0.2) is 88.6 Å². The smallest absolute Gasteiger partial charge is 0.407 e. The molecule has 5 rings (SSSR count). The van der Waals surface area contributed by atoms with Crippen molar-refractivity contribution in [3.05, 3.63) is 12.2 Å². The van der Waals surface area contributed by atoms with Crippen molar-refractivity contribution < 1.29 is 39.4 Å². The molecule has 1 heterocycles. The van der Waals surface area contributed by atoms with E-state index in [1.165, 1.54) is 25.7 Å². The van der Waals surface area contributed by atoms with Gasteiger partial charge in [0.05, 0.1) is 12.2 Å². The first-order valence-corrected chi connectivity index (χ1v) is 17.6. The van der Waals surface area contributed by atoms with Gasteiger partial charge in [0, 0.05) is 19.6 Å². The maximum Gasteiger partial charge on any atom is 0.407 e. The van der Waals surface area contributed by atoms with Crippen molar-refractivity contribution in [3.63, 3.8) is 0 Å². The number of aliphatic hydroxyl groups excluding tert-OH is 4. The number of aliphatic hydroxyl groups is 4. The van der Waals surface area contributed by atoms with Crippen LogP contribution in [0.4, 0.5) is 4.79 Å². The summed E-state index contributed by atoms with van der Waals surface area (Å²) in [6.07, 6.45) is 9.19. The van der Waals surface area contributed by atoms with Gasteiger partial charge in [-0.15, -0.1) is 0 Å². The number of carbonyl (C=O) groups excluding carboxylic acids is 1. The number of carbonyl (C=O) groups is 1. The summed E-state index contributed by atoms with van der Waals surface area (Å²) in [5.41, 5.74) is 6.24. The number of hydrogen-bond acceptors (Lipinski definition) is 9. The summed E-state index contributed by atoms with van der Waals surface area (Å²) in [6, 6.07) is -1.13. The maximum absolute atomic E-state index is 13.0. The highest BCUT2D eigenvalue weighted by Gasteiger charge is 2.65. The van der Waals surface area contributed by atoms with Crippen molar-refractivity contribution in [3.8, 4) is 0 Å². The zero-order chi connectivity index (χ0) is 32.7. The van der Waals surface area contributed by atoms with Crippen LogP contribution in [0.25, 0.3) is 0 Å². The van der Waals surface area contributed by atoms with Crippen LogP contribution < -0.4 is 11.1 Å². The molecule has 1 aliphatic heterocycles. The lowest BCUT2D eigenvalue weighted by Crippen LogP contribution is -2.65. The van der Waals surface area contributed by atoms with Crippen molar-refractivity contribution in [1.82, 2.24) is 5.32 Å². The lowest BCUT2D eigenvalue weighted by atomic mass is 9.43. The largest absolute Gasteiger partial charge is 0.446 e. The molecule has 0 aromatic heterocycles. The first-order chi connectivity index (χ1) is 21.3. The summed E-state index contributed by atoms with van der Waals surface area (Å²) < 4.78 is 17.5. The second-order valence-electron chi connectivity index (χ2n) is 15.6. The molecule has 0 bridgehead atoms. The number of allylic oxidation sites excluding steroid dienone is 1. The Morgan fingerprint density at radius 2 is 1.80 bits per heavy atom. The third kappa shape index (κ3) is 6.22. The quantitative estimate of drug-likeness (QED) is 0.208. The first kappa shape index (κ1) is 35.0. The van der Waals surface area contributed by atoms with E-state index >= 15 is 0 Å². The third-order valence-electron chi connectivity index (χ3n) is 13.6. The van der Waals surface area contributed by atoms with E-state index in [1.54, 1.807) is 0 Å². The van der Waals surface area contributed by atoms with Crippen molar-refractivity contribution >= 4 is 6.09 Å². The van der Waals surface area contributed by atoms with Gasteiger partial charge in [-0.25, -0.2) is 4.79 Å². The minimum Gasteiger partial charge on any atom is -0.446 e. The van der Waals surface area contributed by atoms with Gasteiger partial charge >= 0.3 is 6.09 Å². The van der Waals surface area contributed by atoms with E-state index in [9.17, 15) is 25.2 Å². The van der Waals surface area contributed by atoms with Crippen LogP contribution in [0.2, 0.25) is 0 Å². The number of hydrogen-bond donors (Lipinski definition) is 6. The fourth-order valence-electron chi connectivity index (χ4n) is 11.1. The molecule has 258 valence electrons. The molecule has 10 heteroatoms. The SMILES string of the molecule is CCC[C@@H](N)/C=C/[C@@H](C)C1CC[C@H]2C3CC[C@@]4(OC)C[C@@H](OC(=O)NC5C(O)[C@H](O)C(CO)O[C@H]5O)CC[C@]4(C)[C@H]3CC[C@]12C. The van der Waals surface area contributed by atoms with Crippen LogP contribution in [0.1, 0.15) is 98.3 Å². The maximum atomic E-state index is 13.0. The summed E-state index contributed by atoms with van der Waals surface area (Å²) in [5, 5.41) is 42.7. The van der Waals surface area contributed by atoms with Crippen LogP contribution in [0, 0.1) is 40.4 Å². The highest BCUT2D eigenvalue weighted by Crippen LogP contribution is 2.69. The fourth-order valence-corrected chi connectivity index (χ4v) is 11.1. The Labute approximate surface area is 269 Å². The second kappa shape index (κ2) is 13.7. The summed E-state index contributed by atoms with van der Waals surface area (Å²) in [6.45, 7) is 9.00. The number of rotatable bonds is 9. The fraction of sp³-hybridized carbons (Fsp3) is 0.914. The number of nitrogens with one attached hydrogen (secondary N) is 1. The van der Waals surface area contributed by atoms with E-state index in [2.05, 4.69) is 45.2 Å². The normalized spacial score (nSPS) is 47.8. The minimum atomic E-state index is -1.59. The van der Waals surface area contributed by atoms with Crippen LogP contribution in [-0.2, 0) is 14.2 Å². The van der Waals surface area contributed by atoms with Crippen molar-refractivity contribution in [1.29, 1.82) is 0 Å². The molecule has 4 saturated carbocycles. The van der Waals surface area contributed by atoms with Crippen molar-refractivity contribution in [2.45, 2.75) is 147 Å². The van der Waals surface area contributed by atoms with E-state index in [0.717, 1.165) is 32.1 Å². The van der Waals surface area contributed by atoms with E-state index in [4.69, 9.17) is 19.9 Å². The van der Waals surface area contributed by atoms with Gasteiger partial charge in [-0.05, 0) is 98.2 Å². The van der Waals surface area contributed by atoms with Crippen molar-refractivity contribution in [2.24, 2.45) is 46.2 Å². The summed E-state index contributed by atoms with van der Waals surface area (Å²) in [4.78, 5) is 13.0. The Morgan fingerprint density at radius 1 is 1.04 bits per heavy atom. The summed E-state index contributed by atoms with van der Waals surface area (Å²) in [5.74, 6) is 3.15. The van der Waals surface area contributed by atoms with Crippen molar-refractivity contribution in [2.75, 3.05) is 13.7 Å². The molecule has 7 N–H and O–H groups in total. The number of nitrogens with two attached hydrogens (primary N) is 1. The van der Waals surface area contributed by atoms with Crippen LogP contribution in [0.5, 0.6) is 0 Å². The number of amides is 1. The number of alkyl carbamates (subject to hydrolysis) is 1. The topological polar surface area (TPSA) is 164 Å². The van der Waals surface area contributed by atoms with Crippen LogP contribution >= 0.6 is 0 Å². The molecule has 5 fully saturated rings. The average Bonchev–Trinajstić information content (AvgIpc) is 3.37. The number of fused-ring (bicyclic) bond motifs is 5. The monoisotopic (exact) mass is 636 g/mol. The van der Waals surface area contributed by atoms with E-state index in [-0.39, 0.29) is 17.6 Å². The molecule has 0 radical (unpaired) electrons. The summed E-state index contributed by atoms with van der Waals surface area (Å²) in [7, 11) is 1.81. The zero-order valence-corrected chi connectivity index (χ0v) is 28.1. The molecular formula is C35H60N2O8. The highest BCUT2D eigenvalue weighted by molar-refractivity contribution is 5.68. The summed E-state index contributed by atoms with van der Waals surface area (Å²) >= 11 is 0. The molecule has 5 unspecified atom stereocenters. The number of ether oxygens (including phenoxy) is 3. The molecule has 45 heavy (non-hydrogen) atoms. The van der Waals surface area contributed by atoms with E-state index in [0.29, 0.717) is 47.8 Å². The van der Waals surface area contributed by atoms with Gasteiger partial charge in [-0.3, -0.25) is 0 Å².